The fourth-order valence-electron chi connectivity index (χ4n) is 2.49. The number of ether oxygens (including phenoxy) is 6. The molecule has 8 heteroatoms. The number of benzene rings is 1. The van der Waals surface area contributed by atoms with E-state index in [-0.39, 0.29) is 0 Å². The Kier molecular flexibility index (Phi) is 19.7. The van der Waals surface area contributed by atoms with Crippen LogP contribution >= 0.6 is 11.6 Å². The lowest BCUT2D eigenvalue weighted by atomic mass is 10.2. The highest BCUT2D eigenvalue weighted by Crippen LogP contribution is 2.10. The number of rotatable bonds is 23. The highest BCUT2D eigenvalue weighted by molar-refractivity contribution is 6.17. The van der Waals surface area contributed by atoms with Crippen molar-refractivity contribution in [1.82, 2.24) is 0 Å². The first-order valence-corrected chi connectivity index (χ1v) is 11.5. The standard InChI is InChI=1S/C23H37ClO7/c24-9-3-1-2-4-10-26-11-12-27-13-14-28-15-16-29-17-18-30-19-20-31-23-7-5-22(21-25)6-8-23/h5-8,21H,1-4,9-20H2. The lowest BCUT2D eigenvalue weighted by molar-refractivity contribution is -0.0128. The second-order valence-electron chi connectivity index (χ2n) is 6.70. The summed E-state index contributed by atoms with van der Waals surface area (Å²) in [5.41, 5.74) is 0.627. The van der Waals surface area contributed by atoms with Crippen molar-refractivity contribution in [1.29, 1.82) is 0 Å². The number of halogens is 1. The predicted molar refractivity (Wildman–Crippen MR) is 121 cm³/mol. The minimum atomic E-state index is 0.448. The minimum Gasteiger partial charge on any atom is -0.491 e. The number of hydrogen-bond donors (Lipinski definition) is 0. The summed E-state index contributed by atoms with van der Waals surface area (Å²) in [5.74, 6) is 1.46. The summed E-state index contributed by atoms with van der Waals surface area (Å²) in [5, 5.41) is 0. The van der Waals surface area contributed by atoms with Gasteiger partial charge in [0.05, 0.1) is 59.5 Å². The molecule has 0 saturated carbocycles. The van der Waals surface area contributed by atoms with E-state index in [1.165, 1.54) is 12.8 Å². The van der Waals surface area contributed by atoms with Gasteiger partial charge in [0.1, 0.15) is 18.6 Å². The summed E-state index contributed by atoms with van der Waals surface area (Å²) in [7, 11) is 0. The van der Waals surface area contributed by atoms with Crippen LogP contribution < -0.4 is 4.74 Å². The first-order valence-electron chi connectivity index (χ1n) is 11.0. The number of alkyl halides is 1. The van der Waals surface area contributed by atoms with Crippen molar-refractivity contribution in [3.63, 3.8) is 0 Å². The van der Waals surface area contributed by atoms with E-state index in [0.29, 0.717) is 77.4 Å². The number of carbonyl (C=O) groups excluding carboxylic acids is 1. The van der Waals surface area contributed by atoms with Gasteiger partial charge >= 0.3 is 0 Å². The van der Waals surface area contributed by atoms with Gasteiger partial charge in [0.25, 0.3) is 0 Å². The van der Waals surface area contributed by atoms with E-state index < -0.39 is 0 Å². The minimum absolute atomic E-state index is 0.448. The van der Waals surface area contributed by atoms with E-state index >= 15 is 0 Å². The topological polar surface area (TPSA) is 72.5 Å². The van der Waals surface area contributed by atoms with Gasteiger partial charge in [-0.1, -0.05) is 12.8 Å². The van der Waals surface area contributed by atoms with Crippen molar-refractivity contribution in [3.8, 4) is 5.75 Å². The quantitative estimate of drug-likeness (QED) is 0.140. The summed E-state index contributed by atoms with van der Waals surface area (Å²) < 4.78 is 32.8. The molecule has 0 aliphatic rings. The molecular weight excluding hydrogens is 424 g/mol. The van der Waals surface area contributed by atoms with E-state index in [0.717, 1.165) is 31.6 Å². The van der Waals surface area contributed by atoms with Gasteiger partial charge in [0, 0.05) is 18.1 Å². The Morgan fingerprint density at radius 1 is 0.581 bits per heavy atom. The highest BCUT2D eigenvalue weighted by Gasteiger charge is 1.96. The highest BCUT2D eigenvalue weighted by atomic mass is 35.5. The van der Waals surface area contributed by atoms with Crippen LogP contribution in [0.25, 0.3) is 0 Å². The molecule has 0 N–H and O–H groups in total. The molecule has 7 nitrogen and oxygen atoms in total. The molecule has 31 heavy (non-hydrogen) atoms. The van der Waals surface area contributed by atoms with E-state index in [4.69, 9.17) is 40.0 Å². The molecule has 0 aliphatic heterocycles. The van der Waals surface area contributed by atoms with Crippen LogP contribution in [0.1, 0.15) is 36.0 Å². The monoisotopic (exact) mass is 460 g/mol. The second-order valence-corrected chi connectivity index (χ2v) is 7.08. The average molecular weight is 461 g/mol. The maximum atomic E-state index is 10.6. The molecule has 0 spiro atoms. The molecule has 0 saturated heterocycles. The van der Waals surface area contributed by atoms with Crippen molar-refractivity contribution < 1.29 is 33.2 Å². The third-order valence-corrected chi connectivity index (χ3v) is 4.44. The predicted octanol–water partition coefficient (Wildman–Crippen LogP) is 3.76. The Morgan fingerprint density at radius 2 is 1.03 bits per heavy atom. The van der Waals surface area contributed by atoms with Crippen molar-refractivity contribution in [3.05, 3.63) is 29.8 Å². The number of hydrogen-bond acceptors (Lipinski definition) is 7. The molecule has 0 aromatic heterocycles. The van der Waals surface area contributed by atoms with Crippen LogP contribution in [0.3, 0.4) is 0 Å². The molecule has 0 heterocycles. The molecular formula is C23H37ClO7. The Morgan fingerprint density at radius 3 is 1.52 bits per heavy atom. The smallest absolute Gasteiger partial charge is 0.150 e. The van der Waals surface area contributed by atoms with E-state index in [2.05, 4.69) is 0 Å². The van der Waals surface area contributed by atoms with Crippen LogP contribution in [-0.4, -0.2) is 84.8 Å². The first-order chi connectivity index (χ1) is 15.4. The summed E-state index contributed by atoms with van der Waals surface area (Å²) in [6.07, 6.45) is 5.31. The van der Waals surface area contributed by atoms with Crippen LogP contribution in [0.15, 0.2) is 24.3 Å². The molecule has 0 amide bonds. The van der Waals surface area contributed by atoms with Crippen LogP contribution in [0, 0.1) is 0 Å². The SMILES string of the molecule is O=Cc1ccc(OCCOCCOCCOCCOCCOCCCCCCCl)cc1. The summed E-state index contributed by atoms with van der Waals surface area (Å²) >= 11 is 5.63. The maximum absolute atomic E-state index is 10.6. The van der Waals surface area contributed by atoms with E-state index in [1.54, 1.807) is 24.3 Å². The van der Waals surface area contributed by atoms with Gasteiger partial charge in [-0.3, -0.25) is 4.79 Å². The molecule has 178 valence electrons. The fraction of sp³-hybridized carbons (Fsp3) is 0.696. The van der Waals surface area contributed by atoms with Crippen LogP contribution in [-0.2, 0) is 23.7 Å². The maximum Gasteiger partial charge on any atom is 0.150 e. The fourth-order valence-corrected chi connectivity index (χ4v) is 2.68. The van der Waals surface area contributed by atoms with Crippen LogP contribution in [0.5, 0.6) is 5.75 Å². The molecule has 0 radical (unpaired) electrons. The Bertz CT molecular complexity index is 513. The van der Waals surface area contributed by atoms with Gasteiger partial charge in [0.2, 0.25) is 0 Å². The van der Waals surface area contributed by atoms with Crippen molar-refractivity contribution in [2.24, 2.45) is 0 Å². The summed E-state index contributed by atoms with van der Waals surface area (Å²) in [6.45, 7) is 6.09. The molecule has 0 atom stereocenters. The third kappa shape index (κ3) is 18.1. The molecule has 1 rings (SSSR count). The molecule has 1 aromatic rings. The van der Waals surface area contributed by atoms with Gasteiger partial charge in [-0.15, -0.1) is 11.6 Å². The number of unbranched alkanes of at least 4 members (excludes halogenated alkanes) is 3. The molecule has 0 aliphatic carbocycles. The van der Waals surface area contributed by atoms with Crippen molar-refractivity contribution >= 4 is 17.9 Å². The second kappa shape index (κ2) is 22.0. The number of aldehydes is 1. The Balaban J connectivity index is 1.71. The third-order valence-electron chi connectivity index (χ3n) is 4.17. The van der Waals surface area contributed by atoms with Crippen LogP contribution in [0.2, 0.25) is 0 Å². The van der Waals surface area contributed by atoms with Crippen molar-refractivity contribution in [2.75, 3.05) is 78.6 Å². The molecule has 1 aromatic carbocycles. The Hall–Kier alpha value is -1.22. The largest absolute Gasteiger partial charge is 0.491 e. The zero-order chi connectivity index (χ0) is 22.2. The first kappa shape index (κ1) is 27.8. The van der Waals surface area contributed by atoms with Gasteiger partial charge in [-0.25, -0.2) is 0 Å². The molecule has 0 unspecified atom stereocenters. The zero-order valence-electron chi connectivity index (χ0n) is 18.4. The average Bonchev–Trinajstić information content (AvgIpc) is 2.80. The summed E-state index contributed by atoms with van der Waals surface area (Å²) in [4.78, 5) is 10.6. The number of carbonyl (C=O) groups is 1. The van der Waals surface area contributed by atoms with Gasteiger partial charge in [-0.05, 0) is 37.1 Å². The lowest BCUT2D eigenvalue weighted by Crippen LogP contribution is -2.14. The van der Waals surface area contributed by atoms with E-state index in [1.807, 2.05) is 0 Å². The van der Waals surface area contributed by atoms with Gasteiger partial charge < -0.3 is 28.4 Å². The Labute approximate surface area is 191 Å². The zero-order valence-corrected chi connectivity index (χ0v) is 19.2. The van der Waals surface area contributed by atoms with Gasteiger partial charge in [0.15, 0.2) is 0 Å². The molecule has 0 bridgehead atoms. The normalized spacial score (nSPS) is 11.0. The van der Waals surface area contributed by atoms with Crippen molar-refractivity contribution in [2.45, 2.75) is 25.7 Å². The lowest BCUT2D eigenvalue weighted by Gasteiger charge is -2.09. The van der Waals surface area contributed by atoms with E-state index in [9.17, 15) is 4.79 Å². The van der Waals surface area contributed by atoms with Crippen LogP contribution in [0.4, 0.5) is 0 Å². The molecule has 0 fully saturated rings. The summed E-state index contributed by atoms with van der Waals surface area (Å²) in [6, 6.07) is 6.96. The van der Waals surface area contributed by atoms with Gasteiger partial charge in [-0.2, -0.15) is 0 Å².